The number of aryl methyl sites for hydroxylation is 1. The second-order valence-corrected chi connectivity index (χ2v) is 5.39. The zero-order valence-electron chi connectivity index (χ0n) is 13.2. The largest absolute Gasteiger partial charge is 0.478 e. The molecule has 1 atom stereocenters. The van der Waals surface area contributed by atoms with Crippen molar-refractivity contribution in [3.8, 4) is 0 Å². The molecule has 1 unspecified atom stereocenters. The molecule has 1 heterocycles. The Morgan fingerprint density at radius 3 is 2.41 bits per heavy atom. The minimum absolute atomic E-state index is 0.144. The van der Waals surface area contributed by atoms with Gasteiger partial charge in [0.1, 0.15) is 0 Å². The van der Waals surface area contributed by atoms with Crippen molar-refractivity contribution in [3.63, 3.8) is 0 Å². The fraction of sp³-hybridized carbons (Fsp3) is 0.529. The summed E-state index contributed by atoms with van der Waals surface area (Å²) in [6.45, 7) is 4.79. The molecule has 1 fully saturated rings. The van der Waals surface area contributed by atoms with Crippen LogP contribution in [0.1, 0.15) is 65.3 Å². The number of hydrogen-bond acceptors (Lipinski definition) is 3. The van der Waals surface area contributed by atoms with E-state index in [1.54, 1.807) is 13.0 Å². The maximum absolute atomic E-state index is 10.7. The molecule has 5 heteroatoms. The van der Waals surface area contributed by atoms with E-state index in [9.17, 15) is 9.59 Å². The average Bonchev–Trinajstić information content (AvgIpc) is 2.48. The lowest BCUT2D eigenvalue weighted by molar-refractivity contribution is 0.0109. The Morgan fingerprint density at radius 1 is 1.23 bits per heavy atom. The first kappa shape index (κ1) is 18.2. The number of ether oxygens (including phenoxy) is 1. The Labute approximate surface area is 130 Å². The van der Waals surface area contributed by atoms with Crippen LogP contribution in [0.25, 0.3) is 0 Å². The maximum atomic E-state index is 10.7. The van der Waals surface area contributed by atoms with Gasteiger partial charge in [-0.2, -0.15) is 0 Å². The van der Waals surface area contributed by atoms with Crippen LogP contribution in [0.3, 0.4) is 0 Å². The SMILES string of the molecule is CCCC1CCCCO1.Cc1cccc(C(=O)O)c1C(=O)O. The van der Waals surface area contributed by atoms with Crippen LogP contribution in [0.15, 0.2) is 18.2 Å². The third kappa shape index (κ3) is 5.48. The van der Waals surface area contributed by atoms with Gasteiger partial charge in [0.15, 0.2) is 0 Å². The van der Waals surface area contributed by atoms with Crippen molar-refractivity contribution < 1.29 is 24.5 Å². The molecule has 0 amide bonds. The van der Waals surface area contributed by atoms with Gasteiger partial charge < -0.3 is 14.9 Å². The van der Waals surface area contributed by atoms with Gasteiger partial charge in [-0.3, -0.25) is 0 Å². The molecule has 0 saturated carbocycles. The Bertz CT molecular complexity index is 501. The lowest BCUT2D eigenvalue weighted by Gasteiger charge is -2.21. The molecule has 1 aromatic rings. The van der Waals surface area contributed by atoms with E-state index in [1.165, 1.54) is 44.2 Å². The third-order valence-electron chi connectivity index (χ3n) is 3.60. The fourth-order valence-corrected chi connectivity index (χ4v) is 2.49. The van der Waals surface area contributed by atoms with Crippen LogP contribution in [-0.4, -0.2) is 34.9 Å². The van der Waals surface area contributed by atoms with Gasteiger partial charge in [0.2, 0.25) is 0 Å². The lowest BCUT2D eigenvalue weighted by Crippen LogP contribution is -2.18. The standard InChI is InChI=1S/C9H8O4.C8H16O/c1-5-3-2-4-6(8(10)11)7(5)9(12)13;1-2-5-8-6-3-4-7-9-8/h2-4H,1H3,(H,10,11)(H,12,13);8H,2-7H2,1H3. The van der Waals surface area contributed by atoms with Gasteiger partial charge in [-0.15, -0.1) is 0 Å². The summed E-state index contributed by atoms with van der Waals surface area (Å²) < 4.78 is 5.52. The first-order valence-electron chi connectivity index (χ1n) is 7.65. The summed E-state index contributed by atoms with van der Waals surface area (Å²) in [6.07, 6.45) is 7.09. The fourth-order valence-electron chi connectivity index (χ4n) is 2.49. The molecule has 2 N–H and O–H groups in total. The summed E-state index contributed by atoms with van der Waals surface area (Å²) >= 11 is 0. The van der Waals surface area contributed by atoms with E-state index in [-0.39, 0.29) is 11.1 Å². The Hall–Kier alpha value is -1.88. The molecule has 0 radical (unpaired) electrons. The topological polar surface area (TPSA) is 83.8 Å². The highest BCUT2D eigenvalue weighted by Gasteiger charge is 2.17. The van der Waals surface area contributed by atoms with Gasteiger partial charge >= 0.3 is 11.9 Å². The number of hydrogen-bond donors (Lipinski definition) is 2. The monoisotopic (exact) mass is 308 g/mol. The minimum atomic E-state index is -1.22. The van der Waals surface area contributed by atoms with Gasteiger partial charge in [-0.05, 0) is 44.2 Å². The molecular formula is C17H24O5. The van der Waals surface area contributed by atoms with Crippen LogP contribution in [0, 0.1) is 6.92 Å². The molecule has 0 bridgehead atoms. The van der Waals surface area contributed by atoms with Crippen LogP contribution in [0.4, 0.5) is 0 Å². The summed E-state index contributed by atoms with van der Waals surface area (Å²) in [5.41, 5.74) is 0.134. The van der Waals surface area contributed by atoms with E-state index in [2.05, 4.69) is 6.92 Å². The second kappa shape index (κ2) is 9.20. The summed E-state index contributed by atoms with van der Waals surface area (Å²) in [6, 6.07) is 4.36. The number of aromatic carboxylic acids is 2. The predicted molar refractivity (Wildman–Crippen MR) is 83.6 cm³/mol. The predicted octanol–water partition coefficient (Wildman–Crippen LogP) is 3.75. The smallest absolute Gasteiger partial charge is 0.336 e. The second-order valence-electron chi connectivity index (χ2n) is 5.39. The highest BCUT2D eigenvalue weighted by atomic mass is 16.5. The molecular weight excluding hydrogens is 284 g/mol. The van der Waals surface area contributed by atoms with E-state index in [0.717, 1.165) is 6.61 Å². The summed E-state index contributed by atoms with van der Waals surface area (Å²) in [4.78, 5) is 21.3. The van der Waals surface area contributed by atoms with Crippen molar-refractivity contribution in [1.29, 1.82) is 0 Å². The molecule has 2 rings (SSSR count). The summed E-state index contributed by atoms with van der Waals surface area (Å²) in [7, 11) is 0. The van der Waals surface area contributed by atoms with Gasteiger partial charge in [0, 0.05) is 6.61 Å². The number of carboxylic acid groups (broad SMARTS) is 2. The van der Waals surface area contributed by atoms with Crippen LogP contribution in [0.5, 0.6) is 0 Å². The molecule has 0 aliphatic carbocycles. The normalized spacial score (nSPS) is 17.3. The van der Waals surface area contributed by atoms with E-state index >= 15 is 0 Å². The zero-order chi connectivity index (χ0) is 16.5. The van der Waals surface area contributed by atoms with Gasteiger partial charge in [0.25, 0.3) is 0 Å². The molecule has 122 valence electrons. The van der Waals surface area contributed by atoms with Crippen LogP contribution < -0.4 is 0 Å². The average molecular weight is 308 g/mol. The first-order valence-corrected chi connectivity index (χ1v) is 7.65. The molecule has 0 aromatic heterocycles. The molecule has 5 nitrogen and oxygen atoms in total. The molecule has 1 saturated heterocycles. The van der Waals surface area contributed by atoms with Gasteiger partial charge in [-0.1, -0.05) is 25.5 Å². The Kier molecular flexibility index (Phi) is 7.60. The van der Waals surface area contributed by atoms with Crippen molar-refractivity contribution in [2.45, 2.75) is 52.1 Å². The lowest BCUT2D eigenvalue weighted by atomic mass is 10.0. The van der Waals surface area contributed by atoms with E-state index < -0.39 is 11.9 Å². The van der Waals surface area contributed by atoms with Crippen LogP contribution in [0.2, 0.25) is 0 Å². The Balaban J connectivity index is 0.000000235. The molecule has 22 heavy (non-hydrogen) atoms. The number of benzene rings is 1. The van der Waals surface area contributed by atoms with Crippen molar-refractivity contribution in [2.24, 2.45) is 0 Å². The summed E-state index contributed by atoms with van der Waals surface area (Å²) in [5.74, 6) is -2.43. The highest BCUT2D eigenvalue weighted by Crippen LogP contribution is 2.16. The summed E-state index contributed by atoms with van der Waals surface area (Å²) in [5, 5.41) is 17.4. The van der Waals surface area contributed by atoms with E-state index in [1.807, 2.05) is 0 Å². The quantitative estimate of drug-likeness (QED) is 0.885. The number of carboxylic acids is 2. The number of rotatable bonds is 4. The third-order valence-corrected chi connectivity index (χ3v) is 3.60. The first-order chi connectivity index (χ1) is 10.5. The van der Waals surface area contributed by atoms with Crippen LogP contribution >= 0.6 is 0 Å². The molecule has 1 aliphatic heterocycles. The van der Waals surface area contributed by atoms with E-state index in [0.29, 0.717) is 11.7 Å². The van der Waals surface area contributed by atoms with Crippen molar-refractivity contribution in [1.82, 2.24) is 0 Å². The Morgan fingerprint density at radius 2 is 1.95 bits per heavy atom. The molecule has 0 spiro atoms. The molecule has 1 aromatic carbocycles. The van der Waals surface area contributed by atoms with Crippen LogP contribution in [-0.2, 0) is 4.74 Å². The maximum Gasteiger partial charge on any atom is 0.336 e. The zero-order valence-corrected chi connectivity index (χ0v) is 13.2. The van der Waals surface area contributed by atoms with Crippen molar-refractivity contribution in [3.05, 3.63) is 34.9 Å². The van der Waals surface area contributed by atoms with Crippen molar-refractivity contribution in [2.75, 3.05) is 6.61 Å². The molecule has 1 aliphatic rings. The number of carbonyl (C=O) groups is 2. The minimum Gasteiger partial charge on any atom is -0.478 e. The van der Waals surface area contributed by atoms with Gasteiger partial charge in [-0.25, -0.2) is 9.59 Å². The van der Waals surface area contributed by atoms with Gasteiger partial charge in [0.05, 0.1) is 17.2 Å². The van der Waals surface area contributed by atoms with E-state index in [4.69, 9.17) is 14.9 Å². The highest BCUT2D eigenvalue weighted by molar-refractivity contribution is 6.02. The van der Waals surface area contributed by atoms with Crippen molar-refractivity contribution >= 4 is 11.9 Å².